The van der Waals surface area contributed by atoms with Crippen molar-refractivity contribution in [1.29, 1.82) is 0 Å². The highest BCUT2D eigenvalue weighted by Gasteiger charge is 2.32. The highest BCUT2D eigenvalue weighted by molar-refractivity contribution is 7.07. The molecule has 0 aliphatic carbocycles. The maximum Gasteiger partial charge on any atom is 0.339 e. The lowest BCUT2D eigenvalue weighted by Crippen LogP contribution is -2.40. The summed E-state index contributed by atoms with van der Waals surface area (Å²) in [7, 11) is 0. The number of carbonyl (C=O) groups is 2. The summed E-state index contributed by atoms with van der Waals surface area (Å²) < 4.78 is 13.4. The van der Waals surface area contributed by atoms with Crippen LogP contribution in [0.25, 0.3) is 17.4 Å². The van der Waals surface area contributed by atoms with E-state index >= 15 is 0 Å². The van der Waals surface area contributed by atoms with Crippen LogP contribution < -0.4 is 20.2 Å². The molecule has 0 bridgehead atoms. The summed E-state index contributed by atoms with van der Waals surface area (Å²) in [5.41, 5.74) is 2.57. The van der Waals surface area contributed by atoms with Crippen LogP contribution in [-0.4, -0.2) is 22.5 Å². The van der Waals surface area contributed by atoms with Crippen molar-refractivity contribution in [3.8, 4) is 11.3 Å². The molecule has 0 saturated heterocycles. The number of halogens is 2. The number of fused-ring (bicyclic) bond motifs is 1. The zero-order valence-electron chi connectivity index (χ0n) is 24.9. The first-order chi connectivity index (χ1) is 22.1. The standard InChI is InChI=1S/C35H27Cl2N3O5S/c1-19(2)44-34(43)26-15-13-23(37)17-27(26)28-16-14-25(45-28)18-29-33(42)40-31(21-9-11-22(36)12-10-21)30(20(3)38-35(40)46-29)32(41)39-24-7-5-4-6-8-24/h4-19,31H,1-3H3,(H,39,41)/b29-18+/t31-/m1/s1. The fourth-order valence-corrected chi connectivity index (χ4v) is 6.50. The van der Waals surface area contributed by atoms with Crippen LogP contribution in [-0.2, 0) is 9.53 Å². The SMILES string of the molecule is CC1=C(C(=O)Nc2ccccc2)[C@@H](c2ccc(Cl)cc2)n2c(s/c(=C/c3ccc(-c4cc(Cl)ccc4C(=O)OC(C)C)o3)c2=O)=N1. The number of rotatable bonds is 7. The largest absolute Gasteiger partial charge is 0.459 e. The van der Waals surface area contributed by atoms with Gasteiger partial charge in [-0.2, -0.15) is 0 Å². The Bertz CT molecular complexity index is 2180. The van der Waals surface area contributed by atoms with Crippen LogP contribution >= 0.6 is 34.5 Å². The molecule has 11 heteroatoms. The Morgan fingerprint density at radius 2 is 1.72 bits per heavy atom. The molecule has 0 saturated carbocycles. The van der Waals surface area contributed by atoms with Crippen LogP contribution in [0.4, 0.5) is 5.69 Å². The zero-order chi connectivity index (χ0) is 32.5. The molecular weight excluding hydrogens is 645 g/mol. The van der Waals surface area contributed by atoms with Crippen LogP contribution in [0.1, 0.15) is 48.5 Å². The van der Waals surface area contributed by atoms with Crippen molar-refractivity contribution in [2.75, 3.05) is 5.32 Å². The van der Waals surface area contributed by atoms with Crippen molar-refractivity contribution in [1.82, 2.24) is 4.57 Å². The van der Waals surface area contributed by atoms with E-state index in [1.165, 1.54) is 15.9 Å². The molecule has 3 aromatic carbocycles. The fourth-order valence-electron chi connectivity index (χ4n) is 5.17. The minimum atomic E-state index is -0.757. The maximum absolute atomic E-state index is 14.1. The van der Waals surface area contributed by atoms with Gasteiger partial charge in [0.05, 0.1) is 33.5 Å². The van der Waals surface area contributed by atoms with Gasteiger partial charge >= 0.3 is 5.97 Å². The second-order valence-corrected chi connectivity index (χ2v) is 12.7. The van der Waals surface area contributed by atoms with E-state index in [0.29, 0.717) is 64.5 Å². The van der Waals surface area contributed by atoms with Gasteiger partial charge in [0.15, 0.2) is 4.80 Å². The van der Waals surface area contributed by atoms with Crippen molar-refractivity contribution in [2.24, 2.45) is 4.99 Å². The first kappa shape index (κ1) is 31.3. The molecule has 46 heavy (non-hydrogen) atoms. The molecule has 8 nitrogen and oxygen atoms in total. The Kier molecular flexibility index (Phi) is 8.82. The fraction of sp³-hybridized carbons (Fsp3) is 0.143. The summed E-state index contributed by atoms with van der Waals surface area (Å²) in [6.07, 6.45) is 1.31. The number of hydrogen-bond donors (Lipinski definition) is 1. The van der Waals surface area contributed by atoms with E-state index < -0.39 is 12.0 Å². The summed E-state index contributed by atoms with van der Waals surface area (Å²) in [5.74, 6) is -0.112. The van der Waals surface area contributed by atoms with E-state index in [2.05, 4.69) is 10.3 Å². The van der Waals surface area contributed by atoms with Gasteiger partial charge in [-0.1, -0.05) is 64.9 Å². The molecule has 0 radical (unpaired) electrons. The minimum absolute atomic E-state index is 0.304. The zero-order valence-corrected chi connectivity index (χ0v) is 27.2. The van der Waals surface area contributed by atoms with E-state index in [0.717, 1.165) is 0 Å². The maximum atomic E-state index is 14.1. The van der Waals surface area contributed by atoms with Gasteiger partial charge in [-0.3, -0.25) is 14.2 Å². The summed E-state index contributed by atoms with van der Waals surface area (Å²) >= 11 is 13.6. The van der Waals surface area contributed by atoms with Crippen molar-refractivity contribution in [3.05, 3.63) is 143 Å². The van der Waals surface area contributed by atoms with Gasteiger partial charge in [0.1, 0.15) is 11.5 Å². The molecule has 0 unspecified atom stereocenters. The molecule has 0 spiro atoms. The van der Waals surface area contributed by atoms with Gasteiger partial charge in [-0.25, -0.2) is 9.79 Å². The van der Waals surface area contributed by atoms with Crippen LogP contribution in [0, 0.1) is 0 Å². The first-order valence-electron chi connectivity index (χ1n) is 14.3. The molecule has 1 atom stereocenters. The number of nitrogens with zero attached hydrogens (tertiary/aromatic N) is 2. The van der Waals surface area contributed by atoms with Gasteiger partial charge in [0.2, 0.25) is 0 Å². The van der Waals surface area contributed by atoms with Crippen molar-refractivity contribution in [3.63, 3.8) is 0 Å². The molecule has 1 aliphatic heterocycles. The van der Waals surface area contributed by atoms with Crippen LogP contribution in [0.3, 0.4) is 0 Å². The third-order valence-electron chi connectivity index (χ3n) is 7.19. The number of hydrogen-bond acceptors (Lipinski definition) is 7. The normalized spacial score (nSPS) is 14.7. The molecule has 0 fully saturated rings. The summed E-state index contributed by atoms with van der Waals surface area (Å²) in [5, 5.41) is 3.89. The van der Waals surface area contributed by atoms with E-state index in [1.54, 1.807) is 93.6 Å². The van der Waals surface area contributed by atoms with E-state index in [9.17, 15) is 14.4 Å². The highest BCUT2D eigenvalue weighted by Crippen LogP contribution is 2.32. The van der Waals surface area contributed by atoms with Crippen molar-refractivity contribution >= 4 is 58.2 Å². The Labute approximate surface area is 277 Å². The van der Waals surface area contributed by atoms with Crippen LogP contribution in [0.2, 0.25) is 10.0 Å². The predicted molar refractivity (Wildman–Crippen MR) is 180 cm³/mol. The van der Waals surface area contributed by atoms with Crippen LogP contribution in [0.5, 0.6) is 0 Å². The quantitative estimate of drug-likeness (QED) is 0.188. The number of furan rings is 1. The van der Waals surface area contributed by atoms with E-state index in [1.807, 2.05) is 18.2 Å². The highest BCUT2D eigenvalue weighted by atomic mass is 35.5. The molecule has 5 aromatic rings. The first-order valence-corrected chi connectivity index (χ1v) is 15.9. The van der Waals surface area contributed by atoms with Gasteiger partial charge in [0.25, 0.3) is 11.5 Å². The van der Waals surface area contributed by atoms with Crippen LogP contribution in [0.15, 0.2) is 110 Å². The third kappa shape index (κ3) is 6.35. The van der Waals surface area contributed by atoms with Crippen molar-refractivity contribution < 1.29 is 18.7 Å². The van der Waals surface area contributed by atoms with Gasteiger partial charge in [-0.15, -0.1) is 0 Å². The lowest BCUT2D eigenvalue weighted by Gasteiger charge is -2.25. The molecular formula is C35H27Cl2N3O5S. The number of benzene rings is 3. The number of amides is 1. The number of para-hydroxylation sites is 1. The number of ether oxygens (including phenoxy) is 1. The number of carbonyl (C=O) groups excluding carboxylic acids is 2. The number of nitrogens with one attached hydrogen (secondary N) is 1. The predicted octanol–water partition coefficient (Wildman–Crippen LogP) is 7.01. The molecule has 3 heterocycles. The average molecular weight is 673 g/mol. The number of aromatic nitrogens is 1. The molecule has 1 N–H and O–H groups in total. The topological polar surface area (TPSA) is 103 Å². The number of anilines is 1. The van der Waals surface area contributed by atoms with E-state index in [-0.39, 0.29) is 17.6 Å². The summed E-state index contributed by atoms with van der Waals surface area (Å²) in [4.78, 5) is 45.7. The van der Waals surface area contributed by atoms with Gasteiger partial charge in [-0.05, 0) is 80.9 Å². The second-order valence-electron chi connectivity index (χ2n) is 10.8. The molecule has 6 rings (SSSR count). The smallest absolute Gasteiger partial charge is 0.339 e. The molecule has 232 valence electrons. The molecule has 1 amide bonds. The minimum Gasteiger partial charge on any atom is -0.459 e. The second kappa shape index (κ2) is 13.0. The Balaban J connectivity index is 1.42. The lowest BCUT2D eigenvalue weighted by atomic mass is 9.95. The number of thiazole rings is 1. The lowest BCUT2D eigenvalue weighted by molar-refractivity contribution is -0.113. The Morgan fingerprint density at radius 3 is 2.43 bits per heavy atom. The number of esters is 1. The average Bonchev–Trinajstić information content (AvgIpc) is 3.61. The van der Waals surface area contributed by atoms with Gasteiger partial charge < -0.3 is 14.5 Å². The third-order valence-corrected chi connectivity index (χ3v) is 8.66. The molecule has 1 aliphatic rings. The van der Waals surface area contributed by atoms with Gasteiger partial charge in [0, 0.05) is 27.4 Å². The monoisotopic (exact) mass is 671 g/mol. The number of allylic oxidation sites excluding steroid dienone is 1. The summed E-state index contributed by atoms with van der Waals surface area (Å²) in [6.45, 7) is 5.30. The van der Waals surface area contributed by atoms with E-state index in [4.69, 9.17) is 32.4 Å². The summed E-state index contributed by atoms with van der Waals surface area (Å²) in [6, 6.07) is 23.6. The van der Waals surface area contributed by atoms with Crippen molar-refractivity contribution in [2.45, 2.75) is 32.9 Å². The Morgan fingerprint density at radius 1 is 1.00 bits per heavy atom. The molecule has 2 aromatic heterocycles. The Hall–Kier alpha value is -4.70.